The molecule has 0 bridgehead atoms. The first-order valence-corrected chi connectivity index (χ1v) is 4.46. The van der Waals surface area contributed by atoms with Gasteiger partial charge in [-0.2, -0.15) is 5.26 Å². The zero-order valence-electron chi connectivity index (χ0n) is 7.70. The summed E-state index contributed by atoms with van der Waals surface area (Å²) in [6.45, 7) is 0. The first-order chi connectivity index (χ1) is 6.83. The fraction of sp³-hybridized carbons (Fsp3) is 0.0833. The van der Waals surface area contributed by atoms with E-state index in [4.69, 9.17) is 11.0 Å². The Morgan fingerprint density at radius 1 is 1.14 bits per heavy atom. The molecule has 0 heterocycles. The van der Waals surface area contributed by atoms with Crippen molar-refractivity contribution < 1.29 is 0 Å². The second kappa shape index (κ2) is 3.39. The Morgan fingerprint density at radius 2 is 1.93 bits per heavy atom. The minimum atomic E-state index is 0.372. The van der Waals surface area contributed by atoms with E-state index in [2.05, 4.69) is 6.07 Å². The van der Waals surface area contributed by atoms with Crippen LogP contribution in [0, 0.1) is 11.3 Å². The number of hydrogen-bond acceptors (Lipinski definition) is 2. The van der Waals surface area contributed by atoms with Crippen molar-refractivity contribution in [3.8, 4) is 6.07 Å². The van der Waals surface area contributed by atoms with Crippen molar-refractivity contribution in [1.82, 2.24) is 0 Å². The Hall–Kier alpha value is -2.01. The Kier molecular flexibility index (Phi) is 2.08. The Balaban J connectivity index is 2.70. The summed E-state index contributed by atoms with van der Waals surface area (Å²) >= 11 is 0. The normalized spacial score (nSPS) is 9.93. The third kappa shape index (κ3) is 1.29. The predicted octanol–water partition coefficient (Wildman–Crippen LogP) is 2.49. The summed E-state index contributed by atoms with van der Waals surface area (Å²) in [5.41, 5.74) is 7.59. The average molecular weight is 182 g/mol. The van der Waals surface area contributed by atoms with E-state index < -0.39 is 0 Å². The lowest BCUT2D eigenvalue weighted by atomic mass is 10.0. The largest absolute Gasteiger partial charge is 0.398 e. The van der Waals surface area contributed by atoms with Gasteiger partial charge in [-0.15, -0.1) is 0 Å². The smallest absolute Gasteiger partial charge is 0.0670 e. The van der Waals surface area contributed by atoms with Gasteiger partial charge in [-0.25, -0.2) is 0 Å². The van der Waals surface area contributed by atoms with Crippen molar-refractivity contribution in [2.45, 2.75) is 6.42 Å². The van der Waals surface area contributed by atoms with Crippen molar-refractivity contribution in [3.05, 3.63) is 42.0 Å². The van der Waals surface area contributed by atoms with Crippen LogP contribution >= 0.6 is 0 Å². The fourth-order valence-electron chi connectivity index (χ4n) is 1.58. The molecule has 0 radical (unpaired) electrons. The van der Waals surface area contributed by atoms with Gasteiger partial charge in [0, 0.05) is 11.1 Å². The summed E-state index contributed by atoms with van der Waals surface area (Å²) in [5, 5.41) is 10.8. The van der Waals surface area contributed by atoms with Crippen molar-refractivity contribution >= 4 is 16.5 Å². The van der Waals surface area contributed by atoms with Gasteiger partial charge < -0.3 is 5.73 Å². The molecular weight excluding hydrogens is 172 g/mol. The third-order valence-corrected chi connectivity index (χ3v) is 2.33. The van der Waals surface area contributed by atoms with Crippen molar-refractivity contribution in [2.75, 3.05) is 5.73 Å². The summed E-state index contributed by atoms with van der Waals surface area (Å²) in [4.78, 5) is 0. The molecule has 2 rings (SSSR count). The van der Waals surface area contributed by atoms with Crippen LogP contribution in [0.25, 0.3) is 10.8 Å². The molecule has 14 heavy (non-hydrogen) atoms. The lowest BCUT2D eigenvalue weighted by Crippen LogP contribution is -1.94. The van der Waals surface area contributed by atoms with Crippen LogP contribution < -0.4 is 5.73 Å². The molecule has 68 valence electrons. The quantitative estimate of drug-likeness (QED) is 0.689. The maximum Gasteiger partial charge on any atom is 0.0670 e. The Bertz CT molecular complexity index is 509. The number of nitrogens with two attached hydrogens (primary N) is 1. The maximum atomic E-state index is 8.61. The van der Waals surface area contributed by atoms with Crippen LogP contribution in [0.15, 0.2) is 36.4 Å². The number of fused-ring (bicyclic) bond motifs is 1. The number of anilines is 1. The first-order valence-electron chi connectivity index (χ1n) is 4.46. The average Bonchev–Trinajstić information content (AvgIpc) is 2.23. The van der Waals surface area contributed by atoms with Gasteiger partial charge in [-0.3, -0.25) is 0 Å². The van der Waals surface area contributed by atoms with Crippen LogP contribution in [0.1, 0.15) is 5.56 Å². The number of hydrogen-bond donors (Lipinski definition) is 1. The van der Waals surface area contributed by atoms with Crippen LogP contribution in [0.3, 0.4) is 0 Å². The molecule has 0 saturated heterocycles. The maximum absolute atomic E-state index is 8.61. The summed E-state index contributed by atoms with van der Waals surface area (Å²) in [5.74, 6) is 0. The van der Waals surface area contributed by atoms with E-state index in [1.807, 2.05) is 36.4 Å². The standard InChI is InChI=1S/C12H10N2/c13-8-7-10-6-5-9-3-1-2-4-11(9)12(10)14/h1-6H,7,14H2. The minimum Gasteiger partial charge on any atom is -0.398 e. The number of nitrogens with zero attached hydrogens (tertiary/aromatic N) is 1. The number of rotatable bonds is 1. The minimum absolute atomic E-state index is 0.372. The van der Waals surface area contributed by atoms with Crippen molar-refractivity contribution in [3.63, 3.8) is 0 Å². The second-order valence-corrected chi connectivity index (χ2v) is 3.19. The van der Waals surface area contributed by atoms with Crippen molar-refractivity contribution in [1.29, 1.82) is 5.26 Å². The highest BCUT2D eigenvalue weighted by molar-refractivity contribution is 5.94. The second-order valence-electron chi connectivity index (χ2n) is 3.19. The van der Waals surface area contributed by atoms with Gasteiger partial charge in [0.15, 0.2) is 0 Å². The van der Waals surface area contributed by atoms with Crippen LogP contribution in [0.2, 0.25) is 0 Å². The molecule has 0 aromatic heterocycles. The predicted molar refractivity (Wildman–Crippen MR) is 57.7 cm³/mol. The SMILES string of the molecule is N#CCc1ccc2ccccc2c1N. The Labute approximate surface area is 82.6 Å². The molecule has 0 aliphatic carbocycles. The van der Waals surface area contributed by atoms with Gasteiger partial charge in [-0.05, 0) is 10.9 Å². The van der Waals surface area contributed by atoms with E-state index in [0.717, 1.165) is 22.0 Å². The number of benzene rings is 2. The van der Waals surface area contributed by atoms with E-state index >= 15 is 0 Å². The summed E-state index contributed by atoms with van der Waals surface area (Å²) in [6.07, 6.45) is 0.372. The topological polar surface area (TPSA) is 49.8 Å². The molecule has 0 fully saturated rings. The summed E-state index contributed by atoms with van der Waals surface area (Å²) in [6, 6.07) is 14.0. The number of nitrogen functional groups attached to an aromatic ring is 1. The van der Waals surface area contributed by atoms with Gasteiger partial charge in [-0.1, -0.05) is 36.4 Å². The molecule has 0 unspecified atom stereocenters. The molecule has 0 spiro atoms. The van der Waals surface area contributed by atoms with Gasteiger partial charge in [0.05, 0.1) is 12.5 Å². The third-order valence-electron chi connectivity index (χ3n) is 2.33. The van der Waals surface area contributed by atoms with E-state index in [0.29, 0.717) is 6.42 Å². The van der Waals surface area contributed by atoms with Crippen LogP contribution in [0.5, 0.6) is 0 Å². The number of nitriles is 1. The lowest BCUT2D eigenvalue weighted by molar-refractivity contribution is 1.28. The molecule has 2 heteroatoms. The van der Waals surface area contributed by atoms with Gasteiger partial charge in [0.2, 0.25) is 0 Å². The van der Waals surface area contributed by atoms with Crippen LogP contribution in [-0.4, -0.2) is 0 Å². The summed E-state index contributed by atoms with van der Waals surface area (Å²) < 4.78 is 0. The van der Waals surface area contributed by atoms with E-state index in [1.165, 1.54) is 0 Å². The van der Waals surface area contributed by atoms with Gasteiger partial charge >= 0.3 is 0 Å². The van der Waals surface area contributed by atoms with E-state index in [1.54, 1.807) is 0 Å². The highest BCUT2D eigenvalue weighted by Crippen LogP contribution is 2.24. The molecule has 2 nitrogen and oxygen atoms in total. The molecule has 2 aromatic carbocycles. The zero-order valence-corrected chi connectivity index (χ0v) is 7.70. The summed E-state index contributed by atoms with van der Waals surface area (Å²) in [7, 11) is 0. The molecular formula is C12H10N2. The monoisotopic (exact) mass is 182 g/mol. The highest BCUT2D eigenvalue weighted by atomic mass is 14.6. The molecule has 0 aliphatic rings. The van der Waals surface area contributed by atoms with Crippen LogP contribution in [-0.2, 0) is 6.42 Å². The molecule has 2 N–H and O–H groups in total. The Morgan fingerprint density at radius 3 is 2.71 bits per heavy atom. The van der Waals surface area contributed by atoms with Gasteiger partial charge in [0.1, 0.15) is 0 Å². The highest BCUT2D eigenvalue weighted by Gasteiger charge is 2.02. The zero-order chi connectivity index (χ0) is 9.97. The van der Waals surface area contributed by atoms with E-state index in [-0.39, 0.29) is 0 Å². The lowest BCUT2D eigenvalue weighted by Gasteiger charge is -2.05. The molecule has 0 aliphatic heterocycles. The van der Waals surface area contributed by atoms with Gasteiger partial charge in [0.25, 0.3) is 0 Å². The fourth-order valence-corrected chi connectivity index (χ4v) is 1.58. The molecule has 2 aromatic rings. The first kappa shape index (κ1) is 8.58. The van der Waals surface area contributed by atoms with Crippen molar-refractivity contribution in [2.24, 2.45) is 0 Å². The molecule has 0 amide bonds. The van der Waals surface area contributed by atoms with Crippen LogP contribution in [0.4, 0.5) is 5.69 Å². The van der Waals surface area contributed by atoms with E-state index in [9.17, 15) is 0 Å². The molecule has 0 saturated carbocycles. The molecule has 0 atom stereocenters.